The molecule has 1 fully saturated rings. The second kappa shape index (κ2) is 5.81. The minimum Gasteiger partial charge on any atom is -0.351 e. The van der Waals surface area contributed by atoms with Crippen LogP contribution < -0.4 is 10.6 Å². The summed E-state index contributed by atoms with van der Waals surface area (Å²) < 4.78 is 0. The van der Waals surface area contributed by atoms with Crippen molar-refractivity contribution in [3.8, 4) is 6.19 Å². The van der Waals surface area contributed by atoms with Gasteiger partial charge in [-0.3, -0.25) is 4.90 Å². The molecule has 6 heteroatoms. The van der Waals surface area contributed by atoms with Gasteiger partial charge < -0.3 is 10.6 Å². The lowest BCUT2D eigenvalue weighted by molar-refractivity contribution is 0.251. The van der Waals surface area contributed by atoms with Crippen LogP contribution in [0.2, 0.25) is 5.02 Å². The average molecular weight is 279 g/mol. The third-order valence-electron chi connectivity index (χ3n) is 3.28. The number of nitrogens with two attached hydrogens (primary N) is 1. The van der Waals surface area contributed by atoms with Crippen LogP contribution in [0, 0.1) is 11.5 Å². The summed E-state index contributed by atoms with van der Waals surface area (Å²) in [4.78, 5) is 14.8. The molecule has 0 aromatic heterocycles. The van der Waals surface area contributed by atoms with Gasteiger partial charge in [-0.1, -0.05) is 17.7 Å². The highest BCUT2D eigenvalue weighted by Gasteiger charge is 2.27. The number of benzene rings is 1. The largest absolute Gasteiger partial charge is 0.351 e. The fraction of sp³-hybridized carbons (Fsp3) is 0.385. The number of nitrogens with zero attached hydrogens (tertiary/aromatic N) is 3. The molecule has 1 heterocycles. The zero-order valence-corrected chi connectivity index (χ0v) is 11.2. The molecule has 2 amide bonds. The Balaban J connectivity index is 2.18. The summed E-state index contributed by atoms with van der Waals surface area (Å²) >= 11 is 5.92. The van der Waals surface area contributed by atoms with E-state index in [9.17, 15) is 4.79 Å². The highest BCUT2D eigenvalue weighted by atomic mass is 35.5. The normalized spacial score (nSPS) is 18.1. The third-order valence-corrected chi connectivity index (χ3v) is 3.52. The predicted octanol–water partition coefficient (Wildman–Crippen LogP) is 2.17. The van der Waals surface area contributed by atoms with E-state index in [1.54, 1.807) is 29.2 Å². The lowest BCUT2D eigenvalue weighted by Crippen LogP contribution is -2.44. The van der Waals surface area contributed by atoms with Gasteiger partial charge >= 0.3 is 6.03 Å². The number of amides is 2. The van der Waals surface area contributed by atoms with Crippen molar-refractivity contribution in [2.45, 2.75) is 18.9 Å². The summed E-state index contributed by atoms with van der Waals surface area (Å²) in [5.74, 6) is 0. The van der Waals surface area contributed by atoms with Crippen LogP contribution in [0.4, 0.5) is 10.5 Å². The van der Waals surface area contributed by atoms with E-state index in [-0.39, 0.29) is 6.04 Å². The van der Waals surface area contributed by atoms with Gasteiger partial charge in [0.2, 0.25) is 0 Å². The van der Waals surface area contributed by atoms with E-state index < -0.39 is 6.03 Å². The Kier molecular flexibility index (Phi) is 4.13. The number of nitriles is 1. The second-order valence-corrected chi connectivity index (χ2v) is 4.95. The molecule has 0 bridgehead atoms. The Labute approximate surface area is 117 Å². The lowest BCUT2D eigenvalue weighted by atomic mass is 10.2. The van der Waals surface area contributed by atoms with Gasteiger partial charge in [-0.05, 0) is 31.0 Å². The van der Waals surface area contributed by atoms with Crippen molar-refractivity contribution in [1.82, 2.24) is 4.90 Å². The molecule has 1 aliphatic heterocycles. The fourth-order valence-corrected chi connectivity index (χ4v) is 2.52. The first-order chi connectivity index (χ1) is 9.11. The quantitative estimate of drug-likeness (QED) is 0.861. The molecule has 1 aromatic carbocycles. The zero-order valence-electron chi connectivity index (χ0n) is 10.4. The molecule has 2 rings (SSSR count). The number of hydrogen-bond donors (Lipinski definition) is 1. The smallest absolute Gasteiger partial charge is 0.319 e. The summed E-state index contributed by atoms with van der Waals surface area (Å²) in [5.41, 5.74) is 6.08. The van der Waals surface area contributed by atoms with E-state index >= 15 is 0 Å². The Hall–Kier alpha value is -1.93. The van der Waals surface area contributed by atoms with Crippen molar-refractivity contribution < 1.29 is 4.79 Å². The highest BCUT2D eigenvalue weighted by molar-refractivity contribution is 6.30. The van der Waals surface area contributed by atoms with Crippen molar-refractivity contribution >= 4 is 23.3 Å². The number of likely N-dealkylation sites (tertiary alicyclic amines) is 1. The van der Waals surface area contributed by atoms with E-state index in [0.29, 0.717) is 17.3 Å². The lowest BCUT2D eigenvalue weighted by Gasteiger charge is -2.27. The average Bonchev–Trinajstić information content (AvgIpc) is 2.82. The van der Waals surface area contributed by atoms with Crippen LogP contribution in [0.5, 0.6) is 0 Å². The number of anilines is 1. The van der Waals surface area contributed by atoms with Gasteiger partial charge in [0, 0.05) is 23.8 Å². The van der Waals surface area contributed by atoms with Gasteiger partial charge in [-0.2, -0.15) is 5.26 Å². The zero-order chi connectivity index (χ0) is 13.8. The number of carbonyl (C=O) groups excluding carboxylic acids is 1. The molecule has 100 valence electrons. The molecule has 1 aliphatic rings. The van der Waals surface area contributed by atoms with Crippen molar-refractivity contribution in [1.29, 1.82) is 5.26 Å². The molecule has 0 saturated carbocycles. The second-order valence-electron chi connectivity index (χ2n) is 4.52. The first kappa shape index (κ1) is 13.5. The Morgan fingerprint density at radius 2 is 2.42 bits per heavy atom. The van der Waals surface area contributed by atoms with Crippen LogP contribution in [0.1, 0.15) is 12.8 Å². The third kappa shape index (κ3) is 3.09. The van der Waals surface area contributed by atoms with E-state index in [0.717, 1.165) is 19.4 Å². The fourth-order valence-electron chi connectivity index (χ4n) is 2.33. The molecule has 5 nitrogen and oxygen atoms in total. The number of hydrogen-bond acceptors (Lipinski definition) is 3. The monoisotopic (exact) mass is 278 g/mol. The number of rotatable bonds is 3. The van der Waals surface area contributed by atoms with Crippen LogP contribution in [0.3, 0.4) is 0 Å². The van der Waals surface area contributed by atoms with Crippen molar-refractivity contribution in [2.24, 2.45) is 5.73 Å². The van der Waals surface area contributed by atoms with E-state index in [2.05, 4.69) is 6.19 Å². The molecule has 1 atom stereocenters. The number of urea groups is 1. The highest BCUT2D eigenvalue weighted by Crippen LogP contribution is 2.23. The minimum atomic E-state index is -0.535. The first-order valence-electron chi connectivity index (χ1n) is 6.10. The minimum absolute atomic E-state index is 0.0245. The molecule has 2 N–H and O–H groups in total. The van der Waals surface area contributed by atoms with Crippen LogP contribution in [0.15, 0.2) is 24.3 Å². The maximum atomic E-state index is 11.6. The molecular weight excluding hydrogens is 264 g/mol. The molecule has 1 aromatic rings. The van der Waals surface area contributed by atoms with Gasteiger partial charge in [0.15, 0.2) is 6.19 Å². The number of primary amides is 1. The van der Waals surface area contributed by atoms with Crippen LogP contribution in [-0.2, 0) is 0 Å². The number of carbonyl (C=O) groups is 1. The Morgan fingerprint density at radius 1 is 1.63 bits per heavy atom. The van der Waals surface area contributed by atoms with Crippen LogP contribution in [-0.4, -0.2) is 30.1 Å². The van der Waals surface area contributed by atoms with Gasteiger partial charge in [-0.25, -0.2) is 4.79 Å². The molecule has 0 radical (unpaired) electrons. The summed E-state index contributed by atoms with van der Waals surface area (Å²) in [6.45, 7) is 1.15. The Bertz CT molecular complexity index is 514. The van der Waals surface area contributed by atoms with Gasteiger partial charge in [-0.15, -0.1) is 0 Å². The SMILES string of the molecule is N#CN1CCCC1CN(C(N)=O)c1cccc(Cl)c1. The maximum absolute atomic E-state index is 11.6. The molecule has 0 aliphatic carbocycles. The van der Waals surface area contributed by atoms with E-state index in [1.807, 2.05) is 0 Å². The maximum Gasteiger partial charge on any atom is 0.319 e. The van der Waals surface area contributed by atoms with Crippen molar-refractivity contribution in [3.63, 3.8) is 0 Å². The molecule has 19 heavy (non-hydrogen) atoms. The summed E-state index contributed by atoms with van der Waals surface area (Å²) in [7, 11) is 0. The molecular formula is C13H15ClN4O. The van der Waals surface area contributed by atoms with Gasteiger partial charge in [0.25, 0.3) is 0 Å². The van der Waals surface area contributed by atoms with E-state index in [1.165, 1.54) is 4.90 Å². The van der Waals surface area contributed by atoms with Gasteiger partial charge in [0.05, 0.1) is 6.04 Å². The topological polar surface area (TPSA) is 73.4 Å². The standard InChI is InChI=1S/C13H15ClN4O/c14-10-3-1-4-11(7-10)18(13(16)19)8-12-5-2-6-17(12)9-15/h1,3-4,7,12H,2,5-6,8H2,(H2,16,19). The number of halogens is 1. The predicted molar refractivity (Wildman–Crippen MR) is 73.7 cm³/mol. The van der Waals surface area contributed by atoms with Crippen molar-refractivity contribution in [2.75, 3.05) is 18.0 Å². The Morgan fingerprint density at radius 3 is 3.05 bits per heavy atom. The first-order valence-corrected chi connectivity index (χ1v) is 6.48. The molecule has 1 unspecified atom stereocenters. The van der Waals surface area contributed by atoms with E-state index in [4.69, 9.17) is 22.6 Å². The molecule has 1 saturated heterocycles. The van der Waals surface area contributed by atoms with Crippen molar-refractivity contribution in [3.05, 3.63) is 29.3 Å². The molecule has 0 spiro atoms. The summed E-state index contributed by atoms with van der Waals surface area (Å²) in [6, 6.07) is 6.47. The summed E-state index contributed by atoms with van der Waals surface area (Å²) in [6.07, 6.45) is 4.00. The van der Waals surface area contributed by atoms with Crippen LogP contribution >= 0.6 is 11.6 Å². The van der Waals surface area contributed by atoms with Crippen LogP contribution in [0.25, 0.3) is 0 Å². The van der Waals surface area contributed by atoms with Gasteiger partial charge in [0.1, 0.15) is 0 Å². The summed E-state index contributed by atoms with van der Waals surface area (Å²) in [5, 5.41) is 9.57.